The van der Waals surface area contributed by atoms with Crippen LogP contribution in [-0.4, -0.2) is 26.1 Å². The topological polar surface area (TPSA) is 80.0 Å². The van der Waals surface area contributed by atoms with Crippen LogP contribution in [-0.2, 0) is 17.8 Å². The van der Waals surface area contributed by atoms with Gasteiger partial charge >= 0.3 is 0 Å². The molecule has 0 aliphatic heterocycles. The average Bonchev–Trinajstić information content (AvgIpc) is 2.93. The molecule has 0 radical (unpaired) electrons. The van der Waals surface area contributed by atoms with Crippen LogP contribution in [0.1, 0.15) is 30.5 Å². The molecule has 2 N–H and O–H groups in total. The van der Waals surface area contributed by atoms with Gasteiger partial charge in [-0.3, -0.25) is 10.0 Å². The van der Waals surface area contributed by atoms with Crippen molar-refractivity contribution in [3.8, 4) is 0 Å². The van der Waals surface area contributed by atoms with E-state index in [2.05, 4.69) is 26.2 Å². The van der Waals surface area contributed by atoms with Gasteiger partial charge in [0, 0.05) is 17.1 Å². The summed E-state index contributed by atoms with van der Waals surface area (Å²) in [5.74, 6) is -0.353. The number of benzene rings is 1. The number of hydrogen-bond donors (Lipinski definition) is 2. The van der Waals surface area contributed by atoms with Crippen LogP contribution in [0, 0.1) is 0 Å². The second-order valence-corrected chi connectivity index (χ2v) is 5.69. The van der Waals surface area contributed by atoms with Crippen LogP contribution in [0.4, 0.5) is 0 Å². The molecule has 0 aliphatic carbocycles. The minimum atomic E-state index is -0.353. The predicted molar refractivity (Wildman–Crippen MR) is 80.8 cm³/mol. The molecule has 1 aromatic heterocycles. The van der Waals surface area contributed by atoms with Gasteiger partial charge < -0.3 is 0 Å². The molecule has 2 rings (SSSR count). The minimum Gasteiger partial charge on any atom is -0.289 e. The molecule has 0 atom stereocenters. The number of nitrogens with one attached hydrogen (secondary N) is 1. The van der Waals surface area contributed by atoms with Crippen molar-refractivity contribution in [3.05, 3.63) is 46.2 Å². The van der Waals surface area contributed by atoms with E-state index >= 15 is 0 Å². The summed E-state index contributed by atoms with van der Waals surface area (Å²) in [5, 5.41) is 16.6. The Balaban J connectivity index is 1.78. The van der Waals surface area contributed by atoms with Gasteiger partial charge in [-0.25, -0.2) is 10.2 Å². The highest BCUT2D eigenvalue weighted by Gasteiger charge is 2.03. The van der Waals surface area contributed by atoms with Gasteiger partial charge in [-0.15, -0.1) is 5.10 Å². The van der Waals surface area contributed by atoms with Crippen LogP contribution in [0.3, 0.4) is 0 Å². The third kappa shape index (κ3) is 5.28. The molecular formula is C14H17BrN4O2. The SMILES string of the molecule is O=C(CCCCc1cn(Cc2ccc(Br)cc2)nn1)NO. The first kappa shape index (κ1) is 15.7. The van der Waals surface area contributed by atoms with Gasteiger partial charge in [0.1, 0.15) is 0 Å². The highest BCUT2D eigenvalue weighted by molar-refractivity contribution is 9.10. The highest BCUT2D eigenvalue weighted by atomic mass is 79.9. The van der Waals surface area contributed by atoms with E-state index in [0.717, 1.165) is 28.6 Å². The first-order chi connectivity index (χ1) is 10.2. The summed E-state index contributed by atoms with van der Waals surface area (Å²) in [6.07, 6.45) is 4.58. The molecule has 0 unspecified atom stereocenters. The Kier molecular flexibility index (Phi) is 5.89. The Morgan fingerprint density at radius 2 is 2.05 bits per heavy atom. The van der Waals surface area contributed by atoms with Crippen molar-refractivity contribution in [2.75, 3.05) is 0 Å². The molecule has 1 heterocycles. The molecule has 0 bridgehead atoms. The van der Waals surface area contributed by atoms with E-state index in [4.69, 9.17) is 5.21 Å². The molecule has 0 saturated carbocycles. The first-order valence-corrected chi connectivity index (χ1v) is 7.53. The van der Waals surface area contributed by atoms with E-state index in [1.165, 1.54) is 0 Å². The molecule has 6 nitrogen and oxygen atoms in total. The van der Waals surface area contributed by atoms with Gasteiger partial charge in [-0.1, -0.05) is 33.3 Å². The summed E-state index contributed by atoms with van der Waals surface area (Å²) in [6, 6.07) is 8.08. The summed E-state index contributed by atoms with van der Waals surface area (Å²) in [7, 11) is 0. The smallest absolute Gasteiger partial charge is 0.243 e. The second-order valence-electron chi connectivity index (χ2n) is 4.78. The van der Waals surface area contributed by atoms with Gasteiger partial charge in [0.2, 0.25) is 5.91 Å². The van der Waals surface area contributed by atoms with Gasteiger partial charge in [0.05, 0.1) is 12.2 Å². The number of aromatic nitrogens is 3. The summed E-state index contributed by atoms with van der Waals surface area (Å²) in [5.41, 5.74) is 3.70. The lowest BCUT2D eigenvalue weighted by Crippen LogP contribution is -2.17. The third-order valence-corrected chi connectivity index (χ3v) is 3.58. The standard InChI is InChI=1S/C14H17BrN4O2/c15-12-7-5-11(6-8-12)9-19-10-13(16-18-19)3-1-2-4-14(20)17-21/h5-8,10,21H,1-4,9H2,(H,17,20). The normalized spacial score (nSPS) is 10.6. The quantitative estimate of drug-likeness (QED) is 0.455. The molecule has 0 saturated heterocycles. The van der Waals surface area contributed by atoms with Crippen LogP contribution in [0.5, 0.6) is 0 Å². The zero-order valence-corrected chi connectivity index (χ0v) is 13.1. The molecule has 21 heavy (non-hydrogen) atoms. The molecule has 2 aromatic rings. The minimum absolute atomic E-state index is 0.323. The lowest BCUT2D eigenvalue weighted by molar-refractivity contribution is -0.129. The lowest BCUT2D eigenvalue weighted by atomic mass is 10.1. The average molecular weight is 353 g/mol. The zero-order valence-electron chi connectivity index (χ0n) is 11.5. The number of unbranched alkanes of at least 4 members (excludes halogenated alkanes) is 1. The Hall–Kier alpha value is -1.73. The number of halogens is 1. The van der Waals surface area contributed by atoms with Gasteiger partial charge in [-0.05, 0) is 37.0 Å². The number of nitrogens with zero attached hydrogens (tertiary/aromatic N) is 3. The van der Waals surface area contributed by atoms with E-state index in [0.29, 0.717) is 19.4 Å². The van der Waals surface area contributed by atoms with E-state index in [-0.39, 0.29) is 5.91 Å². The maximum atomic E-state index is 10.9. The molecular weight excluding hydrogens is 336 g/mol. The fourth-order valence-corrected chi connectivity index (χ4v) is 2.22. The third-order valence-electron chi connectivity index (χ3n) is 3.06. The summed E-state index contributed by atoms with van der Waals surface area (Å²) < 4.78 is 2.86. The van der Waals surface area contributed by atoms with Crippen LogP contribution in [0.15, 0.2) is 34.9 Å². The largest absolute Gasteiger partial charge is 0.289 e. The van der Waals surface area contributed by atoms with E-state index in [1.807, 2.05) is 30.5 Å². The number of aryl methyl sites for hydroxylation is 1. The molecule has 0 aliphatic rings. The van der Waals surface area contributed by atoms with Crippen molar-refractivity contribution in [3.63, 3.8) is 0 Å². The molecule has 7 heteroatoms. The van der Waals surface area contributed by atoms with Crippen molar-refractivity contribution in [1.29, 1.82) is 0 Å². The Morgan fingerprint density at radius 3 is 2.76 bits per heavy atom. The maximum absolute atomic E-state index is 10.9. The Labute approximate surface area is 131 Å². The second kappa shape index (κ2) is 7.90. The fourth-order valence-electron chi connectivity index (χ4n) is 1.95. The van der Waals surface area contributed by atoms with Crippen LogP contribution in [0.2, 0.25) is 0 Å². The molecule has 112 valence electrons. The number of carbonyl (C=O) groups is 1. The number of hydrogen-bond acceptors (Lipinski definition) is 4. The summed E-state index contributed by atoms with van der Waals surface area (Å²) in [4.78, 5) is 10.9. The highest BCUT2D eigenvalue weighted by Crippen LogP contribution is 2.11. The van der Waals surface area contributed by atoms with Crippen LogP contribution >= 0.6 is 15.9 Å². The van der Waals surface area contributed by atoms with Gasteiger partial charge in [0.25, 0.3) is 0 Å². The van der Waals surface area contributed by atoms with E-state index in [9.17, 15) is 4.79 Å². The monoisotopic (exact) mass is 352 g/mol. The predicted octanol–water partition coefficient (Wildman–Crippen LogP) is 2.31. The van der Waals surface area contributed by atoms with Crippen LogP contribution < -0.4 is 5.48 Å². The Morgan fingerprint density at radius 1 is 1.29 bits per heavy atom. The molecule has 1 amide bonds. The summed E-state index contributed by atoms with van der Waals surface area (Å²) >= 11 is 3.41. The molecule has 1 aromatic carbocycles. The van der Waals surface area contributed by atoms with Crippen molar-refractivity contribution in [2.45, 2.75) is 32.2 Å². The number of carbonyl (C=O) groups excluding carboxylic acids is 1. The zero-order chi connectivity index (χ0) is 15.1. The molecule has 0 spiro atoms. The number of rotatable bonds is 7. The van der Waals surface area contributed by atoms with Crippen molar-refractivity contribution in [1.82, 2.24) is 20.5 Å². The van der Waals surface area contributed by atoms with Crippen molar-refractivity contribution >= 4 is 21.8 Å². The Bertz CT molecular complexity index is 583. The lowest BCUT2D eigenvalue weighted by Gasteiger charge is -2.00. The fraction of sp³-hybridized carbons (Fsp3) is 0.357. The number of amides is 1. The van der Waals surface area contributed by atoms with E-state index < -0.39 is 0 Å². The number of hydroxylamine groups is 1. The van der Waals surface area contributed by atoms with Gasteiger partial charge in [0.15, 0.2) is 0 Å². The van der Waals surface area contributed by atoms with Crippen molar-refractivity contribution < 1.29 is 10.0 Å². The summed E-state index contributed by atoms with van der Waals surface area (Å²) in [6.45, 7) is 0.688. The first-order valence-electron chi connectivity index (χ1n) is 6.74. The maximum Gasteiger partial charge on any atom is 0.243 e. The van der Waals surface area contributed by atoms with Crippen LogP contribution in [0.25, 0.3) is 0 Å². The molecule has 0 fully saturated rings. The van der Waals surface area contributed by atoms with Crippen molar-refractivity contribution in [2.24, 2.45) is 0 Å². The van der Waals surface area contributed by atoms with Gasteiger partial charge in [-0.2, -0.15) is 0 Å². The van der Waals surface area contributed by atoms with E-state index in [1.54, 1.807) is 10.2 Å².